The molecule has 1 radical (unpaired) electrons. The average molecular weight is 278 g/mol. The zero-order valence-corrected chi connectivity index (χ0v) is 7.28. The quantitative estimate of drug-likeness (QED) is 0.356. The molecule has 0 bridgehead atoms. The Hall–Kier alpha value is -0.900. The molecule has 0 aromatic rings. The summed E-state index contributed by atoms with van der Waals surface area (Å²) in [4.78, 5) is 16.5. The first-order valence-electron chi connectivity index (χ1n) is 2.12. The van der Waals surface area contributed by atoms with Gasteiger partial charge in [0.1, 0.15) is 0 Å². The molecule has 0 aromatic heterocycles. The maximum atomic E-state index is 8.25. The Morgan fingerprint density at radius 3 is 1.08 bits per heavy atom. The minimum Gasteiger partial charge on any atom is -0.397 e. The molecule has 0 atom stereocenters. The molecule has 0 aromatic carbocycles. The van der Waals surface area contributed by atoms with E-state index < -0.39 is 10.2 Å². The largest absolute Gasteiger partial charge is 0.397 e. The van der Waals surface area contributed by atoms with Gasteiger partial charge < -0.3 is 35.7 Å². The SMILES string of the molecule is CCO.O=[N+]([O-])[O-].O=[N+]([O-])[O-].[Ag]. The smallest absolute Gasteiger partial charge is 0.0689 e. The number of hydrogen-bond donors (Lipinski definition) is 1. The summed E-state index contributed by atoms with van der Waals surface area (Å²) in [7, 11) is 0. The van der Waals surface area contributed by atoms with Gasteiger partial charge in [-0.15, -0.1) is 0 Å². The summed E-state index contributed by atoms with van der Waals surface area (Å²) in [5, 5.41) is 37.1. The fourth-order valence-electron chi connectivity index (χ4n) is 0. The standard InChI is InChI=1S/C2H6O.Ag.2NO3/c1-2-3;;2*2-1(3)4/h3H,2H2,1H3;;;/q;;2*-1. The van der Waals surface area contributed by atoms with Gasteiger partial charge in [-0.1, -0.05) is 0 Å². The Bertz CT molecular complexity index is 87.6. The fourth-order valence-corrected chi connectivity index (χ4v) is 0. The summed E-state index contributed by atoms with van der Waals surface area (Å²) < 4.78 is 0. The summed E-state index contributed by atoms with van der Waals surface area (Å²) in [5.41, 5.74) is 0. The molecule has 0 heterocycles. The molecule has 0 fully saturated rings. The molecule has 0 aliphatic rings. The van der Waals surface area contributed by atoms with Gasteiger partial charge in [-0.2, -0.15) is 0 Å². The molecular formula is C2H6AgN2O7-2. The normalized spacial score (nSPS) is 5.50. The van der Waals surface area contributed by atoms with Gasteiger partial charge in [0.25, 0.3) is 0 Å². The second-order valence-corrected chi connectivity index (χ2v) is 0.763. The Balaban J connectivity index is -0.0000000389. The molecule has 12 heavy (non-hydrogen) atoms. The Morgan fingerprint density at radius 2 is 1.08 bits per heavy atom. The number of rotatable bonds is 0. The fraction of sp³-hybridized carbons (Fsp3) is 1.00. The van der Waals surface area contributed by atoms with Crippen molar-refractivity contribution in [2.75, 3.05) is 6.61 Å². The molecule has 0 rings (SSSR count). The van der Waals surface area contributed by atoms with Crippen LogP contribution in [0.25, 0.3) is 0 Å². The molecule has 0 unspecified atom stereocenters. The van der Waals surface area contributed by atoms with Crippen LogP contribution < -0.4 is 0 Å². The summed E-state index contributed by atoms with van der Waals surface area (Å²) in [6, 6.07) is 0. The minimum absolute atomic E-state index is 0. The average Bonchev–Trinajstić information content (AvgIpc) is 1.60. The zero-order valence-electron chi connectivity index (χ0n) is 5.80. The van der Waals surface area contributed by atoms with Crippen LogP contribution in [0, 0.1) is 30.6 Å². The topological polar surface area (TPSA) is 153 Å². The van der Waals surface area contributed by atoms with E-state index >= 15 is 0 Å². The van der Waals surface area contributed by atoms with Crippen LogP contribution in [-0.4, -0.2) is 21.9 Å². The number of aliphatic hydroxyl groups excluding tert-OH is 1. The molecule has 1 N–H and O–H groups in total. The van der Waals surface area contributed by atoms with Crippen LogP contribution in [0.2, 0.25) is 0 Å². The van der Waals surface area contributed by atoms with Gasteiger partial charge in [0, 0.05) is 29.0 Å². The maximum Gasteiger partial charge on any atom is 0.0689 e. The van der Waals surface area contributed by atoms with E-state index in [1.807, 2.05) is 0 Å². The Labute approximate surface area is 82.3 Å². The van der Waals surface area contributed by atoms with Crippen LogP contribution in [-0.2, 0) is 22.4 Å². The predicted molar refractivity (Wildman–Crippen MR) is 33.5 cm³/mol. The molecule has 0 aliphatic heterocycles. The van der Waals surface area contributed by atoms with Gasteiger partial charge in [-0.25, -0.2) is 0 Å². The van der Waals surface area contributed by atoms with E-state index in [1.54, 1.807) is 6.92 Å². The number of aliphatic hydroxyl groups is 1. The maximum absolute atomic E-state index is 8.25. The Morgan fingerprint density at radius 1 is 1.08 bits per heavy atom. The number of hydrogen-bond acceptors (Lipinski definition) is 7. The van der Waals surface area contributed by atoms with Gasteiger partial charge >= 0.3 is 0 Å². The number of nitrogens with zero attached hydrogens (tertiary/aromatic N) is 2. The predicted octanol–water partition coefficient (Wildman–Crippen LogP) is -0.482. The summed E-state index contributed by atoms with van der Waals surface area (Å²) in [6.07, 6.45) is 0. The van der Waals surface area contributed by atoms with Crippen molar-refractivity contribution >= 4 is 0 Å². The van der Waals surface area contributed by atoms with Crippen molar-refractivity contribution in [3.05, 3.63) is 30.6 Å². The van der Waals surface area contributed by atoms with Crippen LogP contribution in [0.5, 0.6) is 0 Å². The molecule has 0 saturated carbocycles. The summed E-state index contributed by atoms with van der Waals surface area (Å²) >= 11 is 0. The van der Waals surface area contributed by atoms with Crippen molar-refractivity contribution in [2.24, 2.45) is 0 Å². The van der Waals surface area contributed by atoms with Crippen molar-refractivity contribution in [1.29, 1.82) is 0 Å². The van der Waals surface area contributed by atoms with Crippen molar-refractivity contribution in [1.82, 2.24) is 0 Å². The van der Waals surface area contributed by atoms with Gasteiger partial charge in [-0.3, -0.25) is 0 Å². The molecule has 0 saturated heterocycles. The molecule has 0 aliphatic carbocycles. The van der Waals surface area contributed by atoms with Crippen molar-refractivity contribution in [3.8, 4) is 0 Å². The zero-order chi connectivity index (χ0) is 9.86. The second kappa shape index (κ2) is 22.5. The van der Waals surface area contributed by atoms with Crippen LogP contribution in [0.3, 0.4) is 0 Å². The second-order valence-electron chi connectivity index (χ2n) is 0.763. The third kappa shape index (κ3) is 738. The van der Waals surface area contributed by atoms with Gasteiger partial charge in [0.2, 0.25) is 0 Å². The minimum atomic E-state index is -1.75. The molecule has 10 heteroatoms. The summed E-state index contributed by atoms with van der Waals surface area (Å²) in [5.74, 6) is 0. The van der Waals surface area contributed by atoms with E-state index in [2.05, 4.69) is 0 Å². The van der Waals surface area contributed by atoms with Crippen LogP contribution in [0.1, 0.15) is 6.92 Å². The van der Waals surface area contributed by atoms with Crippen LogP contribution in [0.15, 0.2) is 0 Å². The first-order valence-corrected chi connectivity index (χ1v) is 2.12. The van der Waals surface area contributed by atoms with Crippen LogP contribution in [0.4, 0.5) is 0 Å². The monoisotopic (exact) mass is 277 g/mol. The van der Waals surface area contributed by atoms with E-state index in [0.717, 1.165) is 0 Å². The third-order valence-corrected chi connectivity index (χ3v) is 0. The molecule has 0 amide bonds. The van der Waals surface area contributed by atoms with Crippen molar-refractivity contribution in [3.63, 3.8) is 0 Å². The first kappa shape index (κ1) is 22.5. The first-order chi connectivity index (χ1) is 4.88. The third-order valence-electron chi connectivity index (χ3n) is 0. The molecule has 79 valence electrons. The summed E-state index contributed by atoms with van der Waals surface area (Å²) in [6.45, 7) is 1.93. The van der Waals surface area contributed by atoms with Crippen LogP contribution >= 0.6 is 0 Å². The molecule has 9 nitrogen and oxygen atoms in total. The van der Waals surface area contributed by atoms with Gasteiger partial charge in [0.15, 0.2) is 0 Å². The molecular weight excluding hydrogens is 272 g/mol. The van der Waals surface area contributed by atoms with E-state index in [1.165, 1.54) is 0 Å². The van der Waals surface area contributed by atoms with Gasteiger partial charge in [-0.05, 0) is 6.92 Å². The van der Waals surface area contributed by atoms with E-state index in [0.29, 0.717) is 0 Å². The van der Waals surface area contributed by atoms with E-state index in [-0.39, 0.29) is 29.0 Å². The van der Waals surface area contributed by atoms with E-state index in [9.17, 15) is 0 Å². The Kier molecular flexibility index (Phi) is 42.1. The van der Waals surface area contributed by atoms with Crippen molar-refractivity contribution in [2.45, 2.75) is 6.92 Å². The van der Waals surface area contributed by atoms with E-state index in [4.69, 9.17) is 35.7 Å². The van der Waals surface area contributed by atoms with Crippen molar-refractivity contribution < 1.29 is 37.7 Å². The van der Waals surface area contributed by atoms with Gasteiger partial charge in [0.05, 0.1) is 10.2 Å². The molecule has 0 spiro atoms.